The Kier molecular flexibility index (Phi) is 2.33. The van der Waals surface area contributed by atoms with Crippen LogP contribution in [0.5, 0.6) is 0 Å². The quantitative estimate of drug-likeness (QED) is 0.677. The molecule has 0 amide bonds. The van der Waals surface area contributed by atoms with Crippen LogP contribution in [0.15, 0.2) is 29.2 Å². The number of hydroxylamine groups is 1. The van der Waals surface area contributed by atoms with Gasteiger partial charge in [-0.05, 0) is 12.1 Å². The molecule has 0 bridgehead atoms. The van der Waals surface area contributed by atoms with E-state index in [1.807, 2.05) is 24.3 Å². The number of rotatable bonds is 1. The van der Waals surface area contributed by atoms with Crippen molar-refractivity contribution in [2.75, 3.05) is 24.5 Å². The first-order chi connectivity index (χ1) is 6.33. The fourth-order valence-electron chi connectivity index (χ4n) is 1.44. The highest BCUT2D eigenvalue weighted by Gasteiger charge is 2.21. The van der Waals surface area contributed by atoms with E-state index in [4.69, 9.17) is 4.84 Å². The van der Waals surface area contributed by atoms with Crippen molar-refractivity contribution in [3.05, 3.63) is 24.3 Å². The molecule has 0 fully saturated rings. The van der Waals surface area contributed by atoms with Crippen molar-refractivity contribution in [1.82, 2.24) is 0 Å². The summed E-state index contributed by atoms with van der Waals surface area (Å²) in [6.07, 6.45) is 0. The van der Waals surface area contributed by atoms with Crippen LogP contribution in [0, 0.1) is 0 Å². The number of anilines is 1. The van der Waals surface area contributed by atoms with Gasteiger partial charge in [-0.25, -0.2) is 0 Å². The maximum Gasteiger partial charge on any atom is 0.0798 e. The normalized spacial score (nSPS) is 21.3. The summed E-state index contributed by atoms with van der Waals surface area (Å²) in [5.41, 5.74) is 0.926. The van der Waals surface area contributed by atoms with Gasteiger partial charge in [-0.15, -0.1) is 0 Å². The largest absolute Gasteiger partial charge is 0.277 e. The Morgan fingerprint density at radius 2 is 2.23 bits per heavy atom. The molecular weight excluding hydrogens is 186 g/mol. The molecule has 1 atom stereocenters. The second kappa shape index (κ2) is 3.47. The van der Waals surface area contributed by atoms with Crippen molar-refractivity contribution in [1.29, 1.82) is 0 Å². The van der Waals surface area contributed by atoms with E-state index in [2.05, 4.69) is 0 Å². The van der Waals surface area contributed by atoms with Crippen molar-refractivity contribution in [2.45, 2.75) is 4.90 Å². The number of fused-ring (bicyclic) bond motifs is 1. The Labute approximate surface area is 79.7 Å². The van der Waals surface area contributed by atoms with Gasteiger partial charge in [-0.1, -0.05) is 12.1 Å². The van der Waals surface area contributed by atoms with Gasteiger partial charge in [0.15, 0.2) is 0 Å². The number of para-hydroxylation sites is 1. The summed E-state index contributed by atoms with van der Waals surface area (Å²) in [6.45, 7) is 0.695. The number of benzene rings is 1. The van der Waals surface area contributed by atoms with Gasteiger partial charge >= 0.3 is 0 Å². The molecule has 1 aliphatic rings. The number of hydrogen-bond acceptors (Lipinski definition) is 3. The van der Waals surface area contributed by atoms with E-state index < -0.39 is 10.8 Å². The fraction of sp³-hybridized carbons (Fsp3) is 0.333. The number of hydrogen-bond donors (Lipinski definition) is 0. The Morgan fingerprint density at radius 3 is 3.00 bits per heavy atom. The summed E-state index contributed by atoms with van der Waals surface area (Å²) < 4.78 is 11.6. The molecule has 13 heavy (non-hydrogen) atoms. The van der Waals surface area contributed by atoms with E-state index >= 15 is 0 Å². The number of nitrogens with zero attached hydrogens (tertiary/aromatic N) is 1. The third-order valence-electron chi connectivity index (χ3n) is 2.08. The first-order valence-electron chi connectivity index (χ1n) is 4.12. The zero-order chi connectivity index (χ0) is 9.26. The van der Waals surface area contributed by atoms with Gasteiger partial charge in [-0.3, -0.25) is 14.1 Å². The second-order valence-corrected chi connectivity index (χ2v) is 4.34. The van der Waals surface area contributed by atoms with E-state index in [9.17, 15) is 4.21 Å². The van der Waals surface area contributed by atoms with E-state index in [1.54, 1.807) is 12.2 Å². The average molecular weight is 197 g/mol. The van der Waals surface area contributed by atoms with Gasteiger partial charge < -0.3 is 0 Å². The van der Waals surface area contributed by atoms with Crippen LogP contribution in [-0.4, -0.2) is 23.6 Å². The summed E-state index contributed by atoms with van der Waals surface area (Å²) in [5, 5.41) is 1.77. The third-order valence-corrected chi connectivity index (χ3v) is 3.47. The monoisotopic (exact) mass is 197 g/mol. The Balaban J connectivity index is 2.47. The van der Waals surface area contributed by atoms with Gasteiger partial charge in [0.25, 0.3) is 0 Å². The standard InChI is InChI=1S/C9H11NO2S/c1-12-10-6-7-13(11)9-5-3-2-4-8(9)10/h2-5H,6-7H2,1H3. The molecule has 0 aliphatic carbocycles. The summed E-state index contributed by atoms with van der Waals surface area (Å²) in [4.78, 5) is 6.04. The lowest BCUT2D eigenvalue weighted by atomic mass is 10.3. The zero-order valence-corrected chi connectivity index (χ0v) is 8.21. The average Bonchev–Trinajstić information content (AvgIpc) is 2.19. The van der Waals surface area contributed by atoms with Crippen molar-refractivity contribution in [3.63, 3.8) is 0 Å². The third kappa shape index (κ3) is 1.47. The highest BCUT2D eigenvalue weighted by Crippen LogP contribution is 2.27. The van der Waals surface area contributed by atoms with E-state index in [-0.39, 0.29) is 0 Å². The summed E-state index contributed by atoms with van der Waals surface area (Å²) in [7, 11) is 0.771. The molecule has 0 N–H and O–H groups in total. The zero-order valence-electron chi connectivity index (χ0n) is 7.40. The van der Waals surface area contributed by atoms with Crippen molar-refractivity contribution >= 4 is 16.5 Å². The van der Waals surface area contributed by atoms with Gasteiger partial charge in [0.1, 0.15) is 0 Å². The molecule has 1 aliphatic heterocycles. The lowest BCUT2D eigenvalue weighted by Crippen LogP contribution is -2.31. The molecule has 3 nitrogen and oxygen atoms in total. The van der Waals surface area contributed by atoms with E-state index in [1.165, 1.54) is 0 Å². The van der Waals surface area contributed by atoms with E-state index in [0.717, 1.165) is 10.6 Å². The van der Waals surface area contributed by atoms with Crippen LogP contribution in [0.4, 0.5) is 5.69 Å². The van der Waals surface area contributed by atoms with Crippen LogP contribution in [0.25, 0.3) is 0 Å². The molecule has 0 aromatic heterocycles. The molecule has 70 valence electrons. The maximum absolute atomic E-state index is 11.6. The fourth-order valence-corrected chi connectivity index (χ4v) is 2.63. The highest BCUT2D eigenvalue weighted by molar-refractivity contribution is 7.85. The molecule has 4 heteroatoms. The van der Waals surface area contributed by atoms with Crippen LogP contribution in [0.2, 0.25) is 0 Å². The van der Waals surface area contributed by atoms with Crippen LogP contribution in [-0.2, 0) is 15.6 Å². The summed E-state index contributed by atoms with van der Waals surface area (Å²) in [6, 6.07) is 7.63. The molecule has 1 heterocycles. The molecule has 1 aromatic rings. The molecule has 1 aromatic carbocycles. The topological polar surface area (TPSA) is 29.5 Å². The van der Waals surface area contributed by atoms with Gasteiger partial charge in [0, 0.05) is 5.75 Å². The van der Waals surface area contributed by atoms with Crippen LogP contribution in [0.1, 0.15) is 0 Å². The first-order valence-corrected chi connectivity index (χ1v) is 5.44. The van der Waals surface area contributed by atoms with Crippen LogP contribution in [0.3, 0.4) is 0 Å². The minimum atomic E-state index is -0.859. The summed E-state index contributed by atoms with van der Waals surface area (Å²) >= 11 is 0. The minimum Gasteiger partial charge on any atom is -0.277 e. The van der Waals surface area contributed by atoms with Crippen molar-refractivity contribution in [3.8, 4) is 0 Å². The van der Waals surface area contributed by atoms with Gasteiger partial charge in [-0.2, -0.15) is 0 Å². The Morgan fingerprint density at radius 1 is 1.46 bits per heavy atom. The minimum absolute atomic E-state index is 0.644. The lowest BCUT2D eigenvalue weighted by molar-refractivity contribution is 0.168. The van der Waals surface area contributed by atoms with Crippen LogP contribution >= 0.6 is 0 Å². The van der Waals surface area contributed by atoms with E-state index in [0.29, 0.717) is 12.3 Å². The van der Waals surface area contributed by atoms with Gasteiger partial charge in [0.05, 0.1) is 35.0 Å². The molecule has 1 unspecified atom stereocenters. The Hall–Kier alpha value is -0.870. The molecule has 0 radical (unpaired) electrons. The predicted molar refractivity (Wildman–Crippen MR) is 52.1 cm³/mol. The maximum atomic E-state index is 11.6. The predicted octanol–water partition coefficient (Wildman–Crippen LogP) is 1.18. The van der Waals surface area contributed by atoms with Crippen LogP contribution < -0.4 is 5.06 Å². The van der Waals surface area contributed by atoms with Crippen molar-refractivity contribution in [2.24, 2.45) is 0 Å². The molecule has 0 spiro atoms. The Bertz CT molecular complexity index is 340. The highest BCUT2D eigenvalue weighted by atomic mass is 32.2. The lowest BCUT2D eigenvalue weighted by Gasteiger charge is -2.27. The molecule has 0 saturated carbocycles. The van der Waals surface area contributed by atoms with Gasteiger partial charge in [0.2, 0.25) is 0 Å². The second-order valence-electron chi connectivity index (χ2n) is 2.80. The SMILES string of the molecule is CON1CCS(=O)c2ccccc21. The summed E-state index contributed by atoms with van der Waals surface area (Å²) in [5.74, 6) is 0.644. The van der Waals surface area contributed by atoms with Crippen molar-refractivity contribution < 1.29 is 9.05 Å². The smallest absolute Gasteiger partial charge is 0.0798 e. The molecule has 0 saturated heterocycles. The first kappa shape index (κ1) is 8.72. The molecular formula is C9H11NO2S. The molecule has 2 rings (SSSR count).